The molecule has 2 rings (SSSR count). The lowest BCUT2D eigenvalue weighted by Crippen LogP contribution is -2.25. The predicted octanol–water partition coefficient (Wildman–Crippen LogP) is 2.58. The van der Waals surface area contributed by atoms with E-state index in [9.17, 15) is 4.79 Å². The molecule has 19 heavy (non-hydrogen) atoms. The lowest BCUT2D eigenvalue weighted by atomic mass is 10.1. The average molecular weight is 253 g/mol. The van der Waals surface area contributed by atoms with Crippen LogP contribution in [0.1, 0.15) is 25.3 Å². The molecule has 0 amide bonds. The number of unbranched alkanes of at least 4 members (excludes halogenated alkanes) is 1. The van der Waals surface area contributed by atoms with Crippen molar-refractivity contribution in [1.29, 1.82) is 5.26 Å². The molecule has 96 valence electrons. The van der Waals surface area contributed by atoms with Crippen molar-refractivity contribution >= 4 is 0 Å². The monoisotopic (exact) mass is 253 g/mol. The van der Waals surface area contributed by atoms with E-state index in [0.29, 0.717) is 12.2 Å². The van der Waals surface area contributed by atoms with Gasteiger partial charge in [-0.15, -0.1) is 0 Å². The fourth-order valence-corrected chi connectivity index (χ4v) is 1.83. The standard InChI is InChI=1S/C15H15N3O/c1-2-3-9-18-15(19)13(11-16)10-14(17-18)12-7-5-4-6-8-12/h4-8,10H,2-3,9H2,1H3. The van der Waals surface area contributed by atoms with E-state index in [1.165, 1.54) is 4.68 Å². The molecule has 0 saturated carbocycles. The molecule has 0 atom stereocenters. The van der Waals surface area contributed by atoms with Crippen LogP contribution < -0.4 is 5.56 Å². The highest BCUT2D eigenvalue weighted by molar-refractivity contribution is 5.59. The lowest BCUT2D eigenvalue weighted by molar-refractivity contribution is 0.544. The van der Waals surface area contributed by atoms with Crippen molar-refractivity contribution in [2.45, 2.75) is 26.3 Å². The summed E-state index contributed by atoms with van der Waals surface area (Å²) >= 11 is 0. The Morgan fingerprint density at radius 1 is 1.32 bits per heavy atom. The van der Waals surface area contributed by atoms with Crippen LogP contribution in [-0.2, 0) is 6.54 Å². The number of benzene rings is 1. The van der Waals surface area contributed by atoms with Gasteiger partial charge in [-0.05, 0) is 12.5 Å². The average Bonchev–Trinajstić information content (AvgIpc) is 2.47. The quantitative estimate of drug-likeness (QED) is 0.841. The van der Waals surface area contributed by atoms with E-state index in [2.05, 4.69) is 12.0 Å². The van der Waals surface area contributed by atoms with Crippen LogP contribution in [0.5, 0.6) is 0 Å². The zero-order valence-electron chi connectivity index (χ0n) is 10.8. The fourth-order valence-electron chi connectivity index (χ4n) is 1.83. The molecule has 0 aliphatic heterocycles. The molecule has 2 aromatic rings. The van der Waals surface area contributed by atoms with E-state index in [0.717, 1.165) is 18.4 Å². The van der Waals surface area contributed by atoms with Crippen molar-refractivity contribution in [3.8, 4) is 17.3 Å². The summed E-state index contributed by atoms with van der Waals surface area (Å²) < 4.78 is 1.39. The Morgan fingerprint density at radius 2 is 2.05 bits per heavy atom. The SMILES string of the molecule is CCCCn1nc(-c2ccccc2)cc(C#N)c1=O. The first-order valence-electron chi connectivity index (χ1n) is 6.34. The van der Waals surface area contributed by atoms with Gasteiger partial charge in [0.2, 0.25) is 0 Å². The molecule has 0 aliphatic rings. The molecule has 1 heterocycles. The second-order valence-corrected chi connectivity index (χ2v) is 4.30. The Balaban J connectivity index is 2.52. The van der Waals surface area contributed by atoms with Gasteiger partial charge in [-0.2, -0.15) is 10.4 Å². The normalized spacial score (nSPS) is 10.1. The first-order valence-corrected chi connectivity index (χ1v) is 6.34. The highest BCUT2D eigenvalue weighted by atomic mass is 16.1. The van der Waals surface area contributed by atoms with Crippen molar-refractivity contribution in [2.24, 2.45) is 0 Å². The van der Waals surface area contributed by atoms with Crippen molar-refractivity contribution in [2.75, 3.05) is 0 Å². The molecule has 1 aromatic carbocycles. The summed E-state index contributed by atoms with van der Waals surface area (Å²) in [6.45, 7) is 2.60. The molecule has 0 N–H and O–H groups in total. The first-order chi connectivity index (χ1) is 9.26. The van der Waals surface area contributed by atoms with E-state index in [1.54, 1.807) is 6.07 Å². The Kier molecular flexibility index (Phi) is 4.09. The number of rotatable bonds is 4. The third-order valence-corrected chi connectivity index (χ3v) is 2.89. The summed E-state index contributed by atoms with van der Waals surface area (Å²) in [4.78, 5) is 12.0. The second kappa shape index (κ2) is 5.96. The number of aromatic nitrogens is 2. The smallest absolute Gasteiger partial charge is 0.266 e. The van der Waals surface area contributed by atoms with Crippen LogP contribution in [0.25, 0.3) is 11.3 Å². The molecular formula is C15H15N3O. The Labute approximate surface area is 111 Å². The summed E-state index contributed by atoms with van der Waals surface area (Å²) in [5.74, 6) is 0. The highest BCUT2D eigenvalue weighted by Crippen LogP contribution is 2.15. The molecule has 0 saturated heterocycles. The van der Waals surface area contributed by atoms with E-state index in [4.69, 9.17) is 5.26 Å². The lowest BCUT2D eigenvalue weighted by Gasteiger charge is -2.07. The van der Waals surface area contributed by atoms with Gasteiger partial charge in [0, 0.05) is 12.1 Å². The maximum absolute atomic E-state index is 12.0. The molecule has 0 radical (unpaired) electrons. The summed E-state index contributed by atoms with van der Waals surface area (Å²) in [6, 6.07) is 13.1. The van der Waals surface area contributed by atoms with Gasteiger partial charge in [0.05, 0.1) is 5.69 Å². The van der Waals surface area contributed by atoms with Crippen LogP contribution in [0.2, 0.25) is 0 Å². The number of aryl methyl sites for hydroxylation is 1. The van der Waals surface area contributed by atoms with Crippen LogP contribution >= 0.6 is 0 Å². The maximum atomic E-state index is 12.0. The van der Waals surface area contributed by atoms with Gasteiger partial charge in [-0.1, -0.05) is 43.7 Å². The third kappa shape index (κ3) is 2.89. The molecule has 4 heteroatoms. The molecule has 0 aliphatic carbocycles. The zero-order chi connectivity index (χ0) is 13.7. The molecule has 1 aromatic heterocycles. The number of hydrogen-bond donors (Lipinski definition) is 0. The minimum Gasteiger partial charge on any atom is -0.266 e. The molecule has 0 unspecified atom stereocenters. The van der Waals surface area contributed by atoms with Crippen molar-refractivity contribution < 1.29 is 0 Å². The van der Waals surface area contributed by atoms with Crippen LogP contribution in [0.3, 0.4) is 0 Å². The van der Waals surface area contributed by atoms with E-state index >= 15 is 0 Å². The summed E-state index contributed by atoms with van der Waals surface area (Å²) in [6.07, 6.45) is 1.85. The molecule has 4 nitrogen and oxygen atoms in total. The number of nitrogens with zero attached hydrogens (tertiary/aromatic N) is 3. The Morgan fingerprint density at radius 3 is 2.68 bits per heavy atom. The minimum absolute atomic E-state index is 0.143. The predicted molar refractivity (Wildman–Crippen MR) is 73.6 cm³/mol. The van der Waals surface area contributed by atoms with Crippen molar-refractivity contribution in [1.82, 2.24) is 9.78 Å². The summed E-state index contributed by atoms with van der Waals surface area (Å²) in [5.41, 5.74) is 1.40. The zero-order valence-corrected chi connectivity index (χ0v) is 10.8. The topological polar surface area (TPSA) is 58.7 Å². The Bertz CT molecular complexity index is 653. The third-order valence-electron chi connectivity index (χ3n) is 2.89. The van der Waals surface area contributed by atoms with Crippen LogP contribution in [0, 0.1) is 11.3 Å². The fraction of sp³-hybridized carbons (Fsp3) is 0.267. The minimum atomic E-state index is -0.310. The van der Waals surface area contributed by atoms with Crippen molar-refractivity contribution in [3.05, 3.63) is 52.3 Å². The van der Waals surface area contributed by atoms with Crippen LogP contribution in [0.4, 0.5) is 0 Å². The number of nitriles is 1. The van der Waals surface area contributed by atoms with Gasteiger partial charge in [0.15, 0.2) is 0 Å². The van der Waals surface area contributed by atoms with Gasteiger partial charge >= 0.3 is 0 Å². The molecular weight excluding hydrogens is 238 g/mol. The van der Waals surface area contributed by atoms with Crippen LogP contribution in [0.15, 0.2) is 41.2 Å². The van der Waals surface area contributed by atoms with E-state index in [1.807, 2.05) is 36.4 Å². The van der Waals surface area contributed by atoms with Gasteiger partial charge in [0.1, 0.15) is 11.6 Å². The number of hydrogen-bond acceptors (Lipinski definition) is 3. The molecule has 0 fully saturated rings. The van der Waals surface area contributed by atoms with Gasteiger partial charge in [0.25, 0.3) is 5.56 Å². The van der Waals surface area contributed by atoms with E-state index in [-0.39, 0.29) is 11.1 Å². The van der Waals surface area contributed by atoms with Gasteiger partial charge in [-0.3, -0.25) is 4.79 Å². The molecule has 0 spiro atoms. The van der Waals surface area contributed by atoms with Gasteiger partial charge < -0.3 is 0 Å². The maximum Gasteiger partial charge on any atom is 0.284 e. The first kappa shape index (κ1) is 13.0. The van der Waals surface area contributed by atoms with Gasteiger partial charge in [-0.25, -0.2) is 4.68 Å². The van der Waals surface area contributed by atoms with Crippen LogP contribution in [-0.4, -0.2) is 9.78 Å². The Hall–Kier alpha value is -2.41. The largest absolute Gasteiger partial charge is 0.284 e. The summed E-state index contributed by atoms with van der Waals surface area (Å²) in [7, 11) is 0. The second-order valence-electron chi connectivity index (χ2n) is 4.30. The summed E-state index contributed by atoms with van der Waals surface area (Å²) in [5, 5.41) is 13.4. The van der Waals surface area contributed by atoms with E-state index < -0.39 is 0 Å². The molecule has 0 bridgehead atoms. The van der Waals surface area contributed by atoms with Crippen molar-refractivity contribution in [3.63, 3.8) is 0 Å². The highest BCUT2D eigenvalue weighted by Gasteiger charge is 2.09.